The highest BCUT2D eigenvalue weighted by molar-refractivity contribution is 6.31. The predicted octanol–water partition coefficient (Wildman–Crippen LogP) is 3.75. The first kappa shape index (κ1) is 11.6. The Balaban J connectivity index is 2.44. The summed E-state index contributed by atoms with van der Waals surface area (Å²) >= 11 is 6.05. The van der Waals surface area contributed by atoms with Crippen LogP contribution in [0.15, 0.2) is 42.5 Å². The number of phenols is 1. The normalized spacial score (nSPS) is 9.53. The minimum absolute atomic E-state index is 0.215. The Hall–Kier alpha value is -1.91. The van der Waals surface area contributed by atoms with Crippen molar-refractivity contribution in [2.75, 3.05) is 0 Å². The molecule has 1 N–H and O–H groups in total. The van der Waals surface area contributed by atoms with Gasteiger partial charge in [0.2, 0.25) is 0 Å². The van der Waals surface area contributed by atoms with E-state index in [1.54, 1.807) is 19.1 Å². The maximum atomic E-state index is 9.60. The fourth-order valence-corrected chi connectivity index (χ4v) is 1.73. The van der Waals surface area contributed by atoms with Crippen LogP contribution in [0.3, 0.4) is 0 Å². The summed E-state index contributed by atoms with van der Waals surface area (Å²) in [5, 5.41) is 10.2. The van der Waals surface area contributed by atoms with Crippen molar-refractivity contribution in [1.82, 2.24) is 0 Å². The van der Waals surface area contributed by atoms with Gasteiger partial charge in [-0.05, 0) is 31.2 Å². The fourth-order valence-electron chi connectivity index (χ4n) is 1.48. The second-order valence-corrected chi connectivity index (χ2v) is 4.09. The van der Waals surface area contributed by atoms with Gasteiger partial charge in [0.1, 0.15) is 5.75 Å². The lowest BCUT2D eigenvalue weighted by Gasteiger charge is -2.03. The van der Waals surface area contributed by atoms with Crippen LogP contribution in [-0.4, -0.2) is 5.11 Å². The zero-order valence-electron chi connectivity index (χ0n) is 9.37. The van der Waals surface area contributed by atoms with Gasteiger partial charge < -0.3 is 5.11 Å². The highest BCUT2D eigenvalue weighted by Crippen LogP contribution is 2.26. The third-order valence-corrected chi connectivity index (χ3v) is 2.81. The molecule has 0 bridgehead atoms. The SMILES string of the molecule is Cc1c(O)ccc(Cl)c1C#Cc1ccccc1. The number of benzene rings is 2. The highest BCUT2D eigenvalue weighted by atomic mass is 35.5. The van der Waals surface area contributed by atoms with Crippen LogP contribution in [0.25, 0.3) is 0 Å². The van der Waals surface area contributed by atoms with Crippen LogP contribution in [0, 0.1) is 18.8 Å². The zero-order chi connectivity index (χ0) is 12.3. The Morgan fingerprint density at radius 3 is 2.41 bits per heavy atom. The lowest BCUT2D eigenvalue weighted by atomic mass is 10.1. The first-order chi connectivity index (χ1) is 8.18. The van der Waals surface area contributed by atoms with Crippen molar-refractivity contribution < 1.29 is 5.11 Å². The second kappa shape index (κ2) is 4.95. The molecule has 0 fully saturated rings. The van der Waals surface area contributed by atoms with E-state index >= 15 is 0 Å². The summed E-state index contributed by atoms with van der Waals surface area (Å²) in [7, 11) is 0. The van der Waals surface area contributed by atoms with Crippen molar-refractivity contribution in [2.24, 2.45) is 0 Å². The van der Waals surface area contributed by atoms with Gasteiger partial charge >= 0.3 is 0 Å². The van der Waals surface area contributed by atoms with Gasteiger partial charge in [0.15, 0.2) is 0 Å². The summed E-state index contributed by atoms with van der Waals surface area (Å²) in [4.78, 5) is 0. The van der Waals surface area contributed by atoms with Crippen LogP contribution in [0.1, 0.15) is 16.7 Å². The van der Waals surface area contributed by atoms with Crippen LogP contribution in [0.4, 0.5) is 0 Å². The van der Waals surface area contributed by atoms with E-state index in [2.05, 4.69) is 11.8 Å². The highest BCUT2D eigenvalue weighted by Gasteiger charge is 2.05. The molecular weight excluding hydrogens is 232 g/mol. The molecule has 0 unspecified atom stereocenters. The van der Waals surface area contributed by atoms with Crippen molar-refractivity contribution >= 4 is 11.6 Å². The van der Waals surface area contributed by atoms with Crippen LogP contribution < -0.4 is 0 Å². The average Bonchev–Trinajstić information content (AvgIpc) is 2.35. The smallest absolute Gasteiger partial charge is 0.119 e. The topological polar surface area (TPSA) is 20.2 Å². The molecular formula is C15H11ClO. The Bertz CT molecular complexity index is 592. The molecule has 0 saturated heterocycles. The fraction of sp³-hybridized carbons (Fsp3) is 0.0667. The molecule has 0 heterocycles. The predicted molar refractivity (Wildman–Crippen MR) is 70.3 cm³/mol. The van der Waals surface area contributed by atoms with E-state index in [0.717, 1.165) is 5.56 Å². The van der Waals surface area contributed by atoms with E-state index in [9.17, 15) is 5.11 Å². The van der Waals surface area contributed by atoms with Crippen molar-refractivity contribution in [3.8, 4) is 17.6 Å². The summed E-state index contributed by atoms with van der Waals surface area (Å²) in [5.74, 6) is 6.24. The summed E-state index contributed by atoms with van der Waals surface area (Å²) in [6.45, 7) is 1.80. The summed E-state index contributed by atoms with van der Waals surface area (Å²) in [5.41, 5.74) is 2.31. The van der Waals surface area contributed by atoms with Crippen LogP contribution >= 0.6 is 11.6 Å². The van der Waals surface area contributed by atoms with Crippen LogP contribution in [0.5, 0.6) is 5.75 Å². The molecule has 0 saturated carbocycles. The number of rotatable bonds is 0. The number of phenolic OH excluding ortho intramolecular Hbond substituents is 1. The van der Waals surface area contributed by atoms with E-state index < -0.39 is 0 Å². The van der Waals surface area contributed by atoms with E-state index in [0.29, 0.717) is 16.1 Å². The molecule has 84 valence electrons. The number of hydrogen-bond donors (Lipinski definition) is 1. The molecule has 0 aliphatic carbocycles. The molecule has 0 aliphatic rings. The largest absolute Gasteiger partial charge is 0.508 e. The van der Waals surface area contributed by atoms with Gasteiger partial charge in [0.05, 0.1) is 10.6 Å². The Labute approximate surface area is 106 Å². The Morgan fingerprint density at radius 2 is 1.71 bits per heavy atom. The van der Waals surface area contributed by atoms with E-state index in [-0.39, 0.29) is 5.75 Å². The minimum atomic E-state index is 0.215. The molecule has 0 aromatic heterocycles. The van der Waals surface area contributed by atoms with E-state index in [1.807, 2.05) is 30.3 Å². The van der Waals surface area contributed by atoms with Gasteiger partial charge in [-0.1, -0.05) is 41.6 Å². The summed E-state index contributed by atoms with van der Waals surface area (Å²) in [6.07, 6.45) is 0. The lowest BCUT2D eigenvalue weighted by Crippen LogP contribution is -1.85. The Morgan fingerprint density at radius 1 is 1.00 bits per heavy atom. The summed E-state index contributed by atoms with van der Waals surface area (Å²) in [6, 6.07) is 12.9. The number of hydrogen-bond acceptors (Lipinski definition) is 1. The van der Waals surface area contributed by atoms with Crippen molar-refractivity contribution in [3.63, 3.8) is 0 Å². The second-order valence-electron chi connectivity index (χ2n) is 3.68. The zero-order valence-corrected chi connectivity index (χ0v) is 10.1. The molecule has 17 heavy (non-hydrogen) atoms. The molecule has 2 rings (SSSR count). The quantitative estimate of drug-likeness (QED) is 0.698. The minimum Gasteiger partial charge on any atom is -0.508 e. The molecule has 0 spiro atoms. The van der Waals surface area contributed by atoms with Crippen molar-refractivity contribution in [1.29, 1.82) is 0 Å². The van der Waals surface area contributed by atoms with Gasteiger partial charge in [-0.15, -0.1) is 0 Å². The molecule has 0 radical (unpaired) electrons. The third-order valence-electron chi connectivity index (χ3n) is 2.49. The van der Waals surface area contributed by atoms with E-state index in [1.165, 1.54) is 0 Å². The van der Waals surface area contributed by atoms with Crippen LogP contribution in [0.2, 0.25) is 5.02 Å². The number of aromatic hydroxyl groups is 1. The first-order valence-corrected chi connectivity index (χ1v) is 5.61. The molecule has 0 aliphatic heterocycles. The molecule has 0 amide bonds. The monoisotopic (exact) mass is 242 g/mol. The maximum absolute atomic E-state index is 9.60. The maximum Gasteiger partial charge on any atom is 0.119 e. The van der Waals surface area contributed by atoms with Gasteiger partial charge in [0, 0.05) is 11.1 Å². The van der Waals surface area contributed by atoms with Gasteiger partial charge in [-0.25, -0.2) is 0 Å². The van der Waals surface area contributed by atoms with E-state index in [4.69, 9.17) is 11.6 Å². The standard InChI is InChI=1S/C15H11ClO/c1-11-13(14(16)9-10-15(11)17)8-7-12-5-3-2-4-6-12/h2-6,9-10,17H,1H3. The first-order valence-electron chi connectivity index (χ1n) is 5.23. The van der Waals surface area contributed by atoms with Crippen LogP contribution in [-0.2, 0) is 0 Å². The molecule has 1 nitrogen and oxygen atoms in total. The van der Waals surface area contributed by atoms with Gasteiger partial charge in [-0.2, -0.15) is 0 Å². The molecule has 2 aromatic carbocycles. The van der Waals surface area contributed by atoms with Crippen molar-refractivity contribution in [3.05, 3.63) is 64.2 Å². The number of halogens is 1. The summed E-state index contributed by atoms with van der Waals surface area (Å²) < 4.78 is 0. The molecule has 0 atom stereocenters. The molecule has 2 aromatic rings. The average molecular weight is 243 g/mol. The van der Waals surface area contributed by atoms with Gasteiger partial charge in [0.25, 0.3) is 0 Å². The molecule has 2 heteroatoms. The Kier molecular flexibility index (Phi) is 3.37. The lowest BCUT2D eigenvalue weighted by molar-refractivity contribution is 0.471. The van der Waals surface area contributed by atoms with Gasteiger partial charge in [-0.3, -0.25) is 0 Å². The third kappa shape index (κ3) is 2.61. The van der Waals surface area contributed by atoms with Crippen molar-refractivity contribution in [2.45, 2.75) is 6.92 Å².